The van der Waals surface area contributed by atoms with Gasteiger partial charge in [-0.25, -0.2) is 21.6 Å². The van der Waals surface area contributed by atoms with E-state index in [4.69, 9.17) is 5.11 Å². The zero-order chi connectivity index (χ0) is 11.7. The van der Waals surface area contributed by atoms with Gasteiger partial charge in [-0.2, -0.15) is 0 Å². The first-order valence-electron chi connectivity index (χ1n) is 4.54. The Morgan fingerprint density at radius 1 is 1.20 bits per heavy atom. The van der Waals surface area contributed by atoms with Crippen molar-refractivity contribution >= 4 is 19.9 Å². The average molecular weight is 257 g/mol. The lowest BCUT2D eigenvalue weighted by atomic mass is 9.91. The van der Waals surface area contributed by atoms with E-state index < -0.39 is 31.7 Å². The summed E-state index contributed by atoms with van der Waals surface area (Å²) in [4.78, 5) is 0. The Morgan fingerprint density at radius 3 is 2.13 bits per heavy atom. The van der Waals surface area contributed by atoms with Crippen molar-refractivity contribution in [1.29, 1.82) is 0 Å². The number of aliphatic hydroxyl groups is 1. The summed E-state index contributed by atoms with van der Waals surface area (Å²) >= 11 is 0. The molecular weight excluding hydrogens is 242 g/mol. The van der Waals surface area contributed by atoms with Crippen LogP contribution in [0.4, 0.5) is 0 Å². The summed E-state index contributed by atoms with van der Waals surface area (Å²) in [6.07, 6.45) is 1.36. The first kappa shape index (κ1) is 12.9. The standard InChI is InChI=1S/C7H15NO5S2/c1-14(10,11)2-3-15(12,13)8-6-4-7(9)5-6/h6-9H,2-5H2,1H3. The van der Waals surface area contributed by atoms with Crippen LogP contribution in [0.3, 0.4) is 0 Å². The molecule has 8 heteroatoms. The molecule has 0 aromatic carbocycles. The van der Waals surface area contributed by atoms with E-state index in [2.05, 4.69) is 4.72 Å². The zero-order valence-corrected chi connectivity index (χ0v) is 10.0. The molecule has 15 heavy (non-hydrogen) atoms. The molecule has 0 aromatic rings. The summed E-state index contributed by atoms with van der Waals surface area (Å²) in [6.45, 7) is 0. The predicted molar refractivity (Wildman–Crippen MR) is 55.7 cm³/mol. The Kier molecular flexibility index (Phi) is 3.75. The molecule has 1 aliphatic carbocycles. The second-order valence-electron chi connectivity index (χ2n) is 3.89. The fourth-order valence-electron chi connectivity index (χ4n) is 1.26. The summed E-state index contributed by atoms with van der Waals surface area (Å²) in [5, 5.41) is 8.94. The Morgan fingerprint density at radius 2 is 1.73 bits per heavy atom. The van der Waals surface area contributed by atoms with Crippen LogP contribution in [0.25, 0.3) is 0 Å². The van der Waals surface area contributed by atoms with Gasteiger partial charge in [-0.1, -0.05) is 0 Å². The van der Waals surface area contributed by atoms with E-state index in [0.717, 1.165) is 6.26 Å². The second kappa shape index (κ2) is 4.36. The number of nitrogens with one attached hydrogen (secondary N) is 1. The Bertz CT molecular complexity index is 407. The van der Waals surface area contributed by atoms with Gasteiger partial charge < -0.3 is 5.11 Å². The zero-order valence-electron chi connectivity index (χ0n) is 8.38. The minimum atomic E-state index is -3.54. The SMILES string of the molecule is CS(=O)(=O)CCS(=O)(=O)NC1CC(O)C1. The van der Waals surface area contributed by atoms with E-state index in [1.165, 1.54) is 0 Å². The maximum atomic E-state index is 11.3. The van der Waals surface area contributed by atoms with Gasteiger partial charge in [0.25, 0.3) is 0 Å². The molecule has 0 bridgehead atoms. The summed E-state index contributed by atoms with van der Waals surface area (Å²) in [6, 6.07) is -0.246. The number of hydrogen-bond donors (Lipinski definition) is 2. The van der Waals surface area contributed by atoms with Crippen LogP contribution in [0.2, 0.25) is 0 Å². The highest BCUT2D eigenvalue weighted by atomic mass is 32.2. The van der Waals surface area contributed by atoms with E-state index >= 15 is 0 Å². The normalized spacial score (nSPS) is 27.3. The molecule has 2 N–H and O–H groups in total. The summed E-state index contributed by atoms with van der Waals surface area (Å²) in [5.41, 5.74) is 0. The number of sulfonamides is 1. The minimum absolute atomic E-state index is 0.246. The topological polar surface area (TPSA) is 101 Å². The molecule has 6 nitrogen and oxygen atoms in total. The molecule has 1 rings (SSSR count). The van der Waals surface area contributed by atoms with Crippen molar-refractivity contribution in [2.45, 2.75) is 25.0 Å². The molecule has 1 fully saturated rings. The van der Waals surface area contributed by atoms with E-state index in [9.17, 15) is 16.8 Å². The number of rotatable bonds is 5. The van der Waals surface area contributed by atoms with Crippen LogP contribution in [0.15, 0.2) is 0 Å². The van der Waals surface area contributed by atoms with Crippen LogP contribution in [0.1, 0.15) is 12.8 Å². The lowest BCUT2D eigenvalue weighted by Crippen LogP contribution is -2.47. The Hall–Kier alpha value is -0.180. The molecule has 0 aromatic heterocycles. The van der Waals surface area contributed by atoms with Crippen molar-refractivity contribution < 1.29 is 21.9 Å². The molecular formula is C7H15NO5S2. The third-order valence-corrected chi connectivity index (χ3v) is 4.82. The van der Waals surface area contributed by atoms with Gasteiger partial charge >= 0.3 is 0 Å². The molecule has 0 radical (unpaired) electrons. The minimum Gasteiger partial charge on any atom is -0.393 e. The van der Waals surface area contributed by atoms with Gasteiger partial charge in [0.2, 0.25) is 10.0 Å². The van der Waals surface area contributed by atoms with E-state index in [1.54, 1.807) is 0 Å². The molecule has 1 aliphatic rings. The predicted octanol–water partition coefficient (Wildman–Crippen LogP) is -1.53. The van der Waals surface area contributed by atoms with E-state index in [-0.39, 0.29) is 11.8 Å². The Labute approximate surface area is 89.7 Å². The first-order chi connectivity index (χ1) is 6.68. The van der Waals surface area contributed by atoms with Gasteiger partial charge in [-0.05, 0) is 12.8 Å². The van der Waals surface area contributed by atoms with Crippen molar-refractivity contribution in [1.82, 2.24) is 4.72 Å². The molecule has 0 heterocycles. The summed E-state index contributed by atoms with van der Waals surface area (Å²) < 4.78 is 46.5. The lowest BCUT2D eigenvalue weighted by Gasteiger charge is -2.31. The summed E-state index contributed by atoms with van der Waals surface area (Å²) in [5.74, 6) is -0.796. The number of hydrogen-bond acceptors (Lipinski definition) is 5. The third kappa shape index (κ3) is 4.92. The van der Waals surface area contributed by atoms with E-state index in [1.807, 2.05) is 0 Å². The fraction of sp³-hybridized carbons (Fsp3) is 1.00. The van der Waals surface area contributed by atoms with Gasteiger partial charge in [0.05, 0.1) is 17.6 Å². The highest BCUT2D eigenvalue weighted by Crippen LogP contribution is 2.20. The fourth-order valence-corrected chi connectivity index (χ4v) is 4.16. The quantitative estimate of drug-likeness (QED) is 0.622. The number of aliphatic hydroxyl groups excluding tert-OH is 1. The van der Waals surface area contributed by atoms with Crippen LogP contribution < -0.4 is 4.72 Å². The van der Waals surface area contributed by atoms with Gasteiger partial charge in [0.15, 0.2) is 0 Å². The van der Waals surface area contributed by atoms with Crippen molar-refractivity contribution in [3.05, 3.63) is 0 Å². The average Bonchev–Trinajstić information content (AvgIpc) is 1.97. The maximum Gasteiger partial charge on any atom is 0.212 e. The third-order valence-electron chi connectivity index (χ3n) is 2.18. The smallest absolute Gasteiger partial charge is 0.212 e. The molecule has 1 saturated carbocycles. The van der Waals surface area contributed by atoms with Gasteiger partial charge in [0.1, 0.15) is 9.84 Å². The van der Waals surface area contributed by atoms with Crippen LogP contribution >= 0.6 is 0 Å². The van der Waals surface area contributed by atoms with Gasteiger partial charge in [-0.15, -0.1) is 0 Å². The highest BCUT2D eigenvalue weighted by Gasteiger charge is 2.30. The lowest BCUT2D eigenvalue weighted by molar-refractivity contribution is 0.0712. The maximum absolute atomic E-state index is 11.3. The van der Waals surface area contributed by atoms with Crippen molar-refractivity contribution in [3.63, 3.8) is 0 Å². The number of sulfone groups is 1. The molecule has 0 unspecified atom stereocenters. The van der Waals surface area contributed by atoms with Crippen molar-refractivity contribution in [2.75, 3.05) is 17.8 Å². The second-order valence-corrected chi connectivity index (χ2v) is 8.02. The Balaban J connectivity index is 2.39. The van der Waals surface area contributed by atoms with Crippen LogP contribution in [0.5, 0.6) is 0 Å². The monoisotopic (exact) mass is 257 g/mol. The molecule has 0 aliphatic heterocycles. The van der Waals surface area contributed by atoms with Crippen LogP contribution in [0, 0.1) is 0 Å². The molecule has 0 spiro atoms. The molecule has 0 amide bonds. The van der Waals surface area contributed by atoms with Crippen molar-refractivity contribution in [3.8, 4) is 0 Å². The van der Waals surface area contributed by atoms with E-state index in [0.29, 0.717) is 12.8 Å². The van der Waals surface area contributed by atoms with Gasteiger partial charge in [-0.3, -0.25) is 0 Å². The highest BCUT2D eigenvalue weighted by molar-refractivity contribution is 7.93. The summed E-state index contributed by atoms with van der Waals surface area (Å²) in [7, 11) is -6.80. The van der Waals surface area contributed by atoms with Crippen LogP contribution in [-0.2, 0) is 19.9 Å². The van der Waals surface area contributed by atoms with Crippen LogP contribution in [-0.4, -0.2) is 51.8 Å². The first-order valence-corrected chi connectivity index (χ1v) is 8.25. The molecule has 0 atom stereocenters. The largest absolute Gasteiger partial charge is 0.393 e. The molecule has 90 valence electrons. The molecule has 0 saturated heterocycles. The van der Waals surface area contributed by atoms with Crippen molar-refractivity contribution in [2.24, 2.45) is 0 Å². The van der Waals surface area contributed by atoms with Gasteiger partial charge in [0, 0.05) is 12.3 Å².